The van der Waals surface area contributed by atoms with Crippen molar-refractivity contribution in [3.05, 3.63) is 23.8 Å². The van der Waals surface area contributed by atoms with Crippen molar-refractivity contribution in [1.29, 1.82) is 0 Å². The average Bonchev–Trinajstić information content (AvgIpc) is 2.18. The quantitative estimate of drug-likeness (QED) is 0.571. The van der Waals surface area contributed by atoms with Gasteiger partial charge in [-0.2, -0.15) is 0 Å². The fraction of sp³-hybridized carbons (Fsp3) is 0.455. The molecule has 2 rings (SSSR count). The fourth-order valence-electron chi connectivity index (χ4n) is 2.10. The summed E-state index contributed by atoms with van der Waals surface area (Å²) < 4.78 is 0. The zero-order valence-electron chi connectivity index (χ0n) is 7.45. The first kappa shape index (κ1) is 8.42. The third kappa shape index (κ3) is 1.26. The molecule has 0 spiro atoms. The molecule has 13 heavy (non-hydrogen) atoms. The highest BCUT2D eigenvalue weighted by atomic mass is 16.1. The molecule has 0 radical (unpaired) electrons. The van der Waals surface area contributed by atoms with E-state index in [-0.39, 0.29) is 11.2 Å². The molecule has 0 aliphatic heterocycles. The Hall–Kier alpha value is -1.18. The van der Waals surface area contributed by atoms with E-state index in [1.165, 1.54) is 0 Å². The number of fused-ring (bicyclic) bond motifs is 1. The Morgan fingerprint density at radius 2 is 2.23 bits per heavy atom. The summed E-state index contributed by atoms with van der Waals surface area (Å²) in [6, 6.07) is 0. The molecule has 0 N–H and O–H groups in total. The van der Waals surface area contributed by atoms with Gasteiger partial charge in [-0.1, -0.05) is 12.2 Å². The lowest BCUT2D eigenvalue weighted by Crippen LogP contribution is -2.30. The van der Waals surface area contributed by atoms with Crippen molar-refractivity contribution in [3.8, 4) is 0 Å². The molecule has 68 valence electrons. The molecule has 0 aromatic carbocycles. The number of allylic oxidation sites excluding steroid dienone is 4. The minimum atomic E-state index is -0.331. The van der Waals surface area contributed by atoms with Crippen molar-refractivity contribution in [3.63, 3.8) is 0 Å². The highest BCUT2D eigenvalue weighted by Crippen LogP contribution is 2.42. The van der Waals surface area contributed by atoms with Crippen molar-refractivity contribution in [2.24, 2.45) is 5.41 Å². The minimum absolute atomic E-state index is 0.152. The lowest BCUT2D eigenvalue weighted by molar-refractivity contribution is -0.118. The van der Waals surface area contributed by atoms with Crippen LogP contribution < -0.4 is 0 Å². The van der Waals surface area contributed by atoms with Crippen molar-refractivity contribution in [2.45, 2.75) is 25.7 Å². The number of aldehydes is 1. The van der Waals surface area contributed by atoms with E-state index in [0.29, 0.717) is 12.8 Å². The van der Waals surface area contributed by atoms with Crippen molar-refractivity contribution in [1.82, 2.24) is 0 Å². The third-order valence-electron chi connectivity index (χ3n) is 2.99. The summed E-state index contributed by atoms with van der Waals surface area (Å²) in [4.78, 5) is 22.2. The largest absolute Gasteiger partial charge is 0.302 e. The molecule has 1 atom stereocenters. The van der Waals surface area contributed by atoms with Gasteiger partial charge in [0.05, 0.1) is 5.41 Å². The summed E-state index contributed by atoms with van der Waals surface area (Å²) in [6.45, 7) is 0. The van der Waals surface area contributed by atoms with E-state index in [0.717, 1.165) is 24.7 Å². The topological polar surface area (TPSA) is 34.1 Å². The van der Waals surface area contributed by atoms with Crippen LogP contribution in [-0.2, 0) is 9.59 Å². The zero-order valence-corrected chi connectivity index (χ0v) is 7.45. The Kier molecular flexibility index (Phi) is 1.91. The van der Waals surface area contributed by atoms with E-state index in [4.69, 9.17) is 0 Å². The smallest absolute Gasteiger partial charge is 0.156 e. The maximum Gasteiger partial charge on any atom is 0.156 e. The molecule has 2 nitrogen and oxygen atoms in total. The molecule has 0 amide bonds. The first-order chi connectivity index (χ1) is 6.27. The normalized spacial score (nSPS) is 32.3. The number of carbonyl (C=O) groups excluding carboxylic acids is 2. The van der Waals surface area contributed by atoms with Gasteiger partial charge in [-0.3, -0.25) is 4.79 Å². The zero-order chi connectivity index (χ0) is 9.31. The van der Waals surface area contributed by atoms with Crippen LogP contribution in [0, 0.1) is 5.41 Å². The SMILES string of the molecule is O=CC12CCC=CC1=CC(=O)CC2. The summed E-state index contributed by atoms with van der Waals surface area (Å²) in [7, 11) is 0. The molecular formula is C11H12O2. The lowest BCUT2D eigenvalue weighted by Gasteiger charge is -2.34. The number of hydrogen-bond acceptors (Lipinski definition) is 2. The molecule has 0 bridgehead atoms. The van der Waals surface area contributed by atoms with E-state index in [2.05, 4.69) is 0 Å². The molecule has 0 saturated heterocycles. The van der Waals surface area contributed by atoms with Crippen LogP contribution in [0.5, 0.6) is 0 Å². The number of hydrogen-bond donors (Lipinski definition) is 0. The van der Waals surface area contributed by atoms with Crippen LogP contribution in [0.1, 0.15) is 25.7 Å². The molecule has 0 heterocycles. The molecular weight excluding hydrogens is 164 g/mol. The van der Waals surface area contributed by atoms with Gasteiger partial charge in [0, 0.05) is 6.42 Å². The van der Waals surface area contributed by atoms with Gasteiger partial charge in [-0.05, 0) is 30.9 Å². The van der Waals surface area contributed by atoms with E-state index >= 15 is 0 Å². The maximum absolute atomic E-state index is 11.1. The van der Waals surface area contributed by atoms with Crippen LogP contribution in [0.3, 0.4) is 0 Å². The molecule has 0 fully saturated rings. The second-order valence-electron chi connectivity index (χ2n) is 3.78. The van der Waals surface area contributed by atoms with Gasteiger partial charge in [0.1, 0.15) is 6.29 Å². The minimum Gasteiger partial charge on any atom is -0.302 e. The fourth-order valence-corrected chi connectivity index (χ4v) is 2.10. The summed E-state index contributed by atoms with van der Waals surface area (Å²) in [5.41, 5.74) is 0.591. The number of rotatable bonds is 1. The predicted octanol–water partition coefficient (Wildman–Crippen LogP) is 1.81. The average molecular weight is 176 g/mol. The van der Waals surface area contributed by atoms with Crippen LogP contribution in [0.2, 0.25) is 0 Å². The summed E-state index contributed by atoms with van der Waals surface area (Å²) in [5, 5.41) is 0. The van der Waals surface area contributed by atoms with E-state index in [1.807, 2.05) is 12.2 Å². The van der Waals surface area contributed by atoms with Crippen LogP contribution in [0.25, 0.3) is 0 Å². The van der Waals surface area contributed by atoms with Crippen LogP contribution in [-0.4, -0.2) is 12.1 Å². The van der Waals surface area contributed by atoms with Gasteiger partial charge in [0.25, 0.3) is 0 Å². The van der Waals surface area contributed by atoms with Gasteiger partial charge in [0.2, 0.25) is 0 Å². The molecule has 2 aliphatic rings. The Morgan fingerprint density at radius 1 is 1.38 bits per heavy atom. The highest BCUT2D eigenvalue weighted by molar-refractivity contribution is 5.94. The van der Waals surface area contributed by atoms with Gasteiger partial charge in [0.15, 0.2) is 5.78 Å². The molecule has 0 aromatic rings. The maximum atomic E-state index is 11.1. The van der Waals surface area contributed by atoms with E-state index < -0.39 is 0 Å². The monoisotopic (exact) mass is 176 g/mol. The third-order valence-corrected chi connectivity index (χ3v) is 2.99. The Bertz CT molecular complexity index is 312. The standard InChI is InChI=1S/C11H12O2/c12-8-11-5-2-1-3-9(11)7-10(13)4-6-11/h1,3,7-8H,2,4-6H2. The second-order valence-corrected chi connectivity index (χ2v) is 3.78. The predicted molar refractivity (Wildman–Crippen MR) is 49.2 cm³/mol. The molecule has 0 saturated carbocycles. The number of ketones is 1. The van der Waals surface area contributed by atoms with Gasteiger partial charge < -0.3 is 4.79 Å². The van der Waals surface area contributed by atoms with Gasteiger partial charge in [-0.25, -0.2) is 0 Å². The summed E-state index contributed by atoms with van der Waals surface area (Å²) >= 11 is 0. The molecule has 2 heteroatoms. The van der Waals surface area contributed by atoms with Gasteiger partial charge in [-0.15, -0.1) is 0 Å². The van der Waals surface area contributed by atoms with E-state index in [9.17, 15) is 9.59 Å². The molecule has 0 aromatic heterocycles. The Balaban J connectivity index is 2.45. The van der Waals surface area contributed by atoms with Crippen molar-refractivity contribution in [2.75, 3.05) is 0 Å². The lowest BCUT2D eigenvalue weighted by atomic mass is 9.68. The number of carbonyl (C=O) groups is 2. The Labute approximate surface area is 77.3 Å². The van der Waals surface area contributed by atoms with Crippen molar-refractivity contribution >= 4 is 12.1 Å². The second kappa shape index (κ2) is 2.95. The van der Waals surface area contributed by atoms with Gasteiger partial charge >= 0.3 is 0 Å². The summed E-state index contributed by atoms with van der Waals surface area (Å²) in [5.74, 6) is 0.152. The van der Waals surface area contributed by atoms with Crippen LogP contribution >= 0.6 is 0 Å². The van der Waals surface area contributed by atoms with E-state index in [1.54, 1.807) is 6.08 Å². The molecule has 2 aliphatic carbocycles. The summed E-state index contributed by atoms with van der Waals surface area (Å²) in [6.07, 6.45) is 9.65. The first-order valence-corrected chi connectivity index (χ1v) is 4.65. The van der Waals surface area contributed by atoms with Crippen molar-refractivity contribution < 1.29 is 9.59 Å². The van der Waals surface area contributed by atoms with Crippen LogP contribution in [0.15, 0.2) is 23.8 Å². The molecule has 1 unspecified atom stereocenters. The van der Waals surface area contributed by atoms with Crippen LogP contribution in [0.4, 0.5) is 0 Å². The first-order valence-electron chi connectivity index (χ1n) is 4.65. The highest BCUT2D eigenvalue weighted by Gasteiger charge is 2.37. The Morgan fingerprint density at radius 3 is 3.00 bits per heavy atom.